The standard InChI is InChI=1S/C20H24N4O4/c1-20(2,3)28-18(26)21-8-11-5-6-14-12(7-11)16-13-9-24(10-15(16)22-14)19(27)23(4)17(13)25/h5-7,13,22H,8-10H2,1-4H3,(H,21,26). The number of aromatic amines is 1. The number of H-pyrrole nitrogens is 1. The van der Waals surface area contributed by atoms with Gasteiger partial charge in [0.2, 0.25) is 5.91 Å². The Bertz CT molecular complexity index is 988. The van der Waals surface area contributed by atoms with Gasteiger partial charge in [0.25, 0.3) is 0 Å². The predicted molar refractivity (Wildman–Crippen MR) is 103 cm³/mol. The summed E-state index contributed by atoms with van der Waals surface area (Å²) in [5.74, 6) is -0.547. The monoisotopic (exact) mass is 384 g/mol. The fourth-order valence-corrected chi connectivity index (χ4v) is 3.89. The number of nitrogens with zero attached hydrogens (tertiary/aromatic N) is 2. The number of rotatable bonds is 2. The Hall–Kier alpha value is -3.03. The first-order chi connectivity index (χ1) is 13.1. The number of carbonyl (C=O) groups excluding carboxylic acids is 3. The molecule has 2 aliphatic rings. The number of fused-ring (bicyclic) bond motifs is 6. The summed E-state index contributed by atoms with van der Waals surface area (Å²) in [6.45, 7) is 6.64. The van der Waals surface area contributed by atoms with Crippen molar-refractivity contribution in [2.45, 2.75) is 45.4 Å². The van der Waals surface area contributed by atoms with Gasteiger partial charge in [0.1, 0.15) is 5.60 Å². The first kappa shape index (κ1) is 18.3. The second-order valence-electron chi connectivity index (χ2n) is 8.37. The highest BCUT2D eigenvalue weighted by atomic mass is 16.6. The maximum atomic E-state index is 12.7. The van der Waals surface area contributed by atoms with Gasteiger partial charge in [0, 0.05) is 36.7 Å². The van der Waals surface area contributed by atoms with Gasteiger partial charge in [0.15, 0.2) is 0 Å². The highest BCUT2D eigenvalue weighted by Gasteiger charge is 2.43. The second-order valence-corrected chi connectivity index (χ2v) is 8.37. The number of urea groups is 1. The molecule has 1 aromatic carbocycles. The number of carbonyl (C=O) groups is 3. The highest BCUT2D eigenvalue weighted by Crippen LogP contribution is 2.38. The molecule has 0 radical (unpaired) electrons. The van der Waals surface area contributed by atoms with Gasteiger partial charge in [-0.1, -0.05) is 6.07 Å². The van der Waals surface area contributed by atoms with E-state index >= 15 is 0 Å². The Kier molecular flexibility index (Phi) is 4.10. The van der Waals surface area contributed by atoms with Crippen LogP contribution < -0.4 is 5.32 Å². The highest BCUT2D eigenvalue weighted by molar-refractivity contribution is 6.03. The van der Waals surface area contributed by atoms with E-state index in [9.17, 15) is 14.4 Å². The Labute approximate surface area is 162 Å². The maximum absolute atomic E-state index is 12.7. The third kappa shape index (κ3) is 3.08. The Morgan fingerprint density at radius 3 is 2.79 bits per heavy atom. The number of imide groups is 1. The average molecular weight is 384 g/mol. The van der Waals surface area contributed by atoms with Crippen LogP contribution in [0.3, 0.4) is 0 Å². The van der Waals surface area contributed by atoms with Gasteiger partial charge in [-0.25, -0.2) is 9.59 Å². The molecule has 8 heteroatoms. The van der Waals surface area contributed by atoms with Crippen molar-refractivity contribution in [1.29, 1.82) is 0 Å². The van der Waals surface area contributed by atoms with Gasteiger partial charge in [-0.3, -0.25) is 9.69 Å². The molecule has 0 spiro atoms. The minimum absolute atomic E-state index is 0.180. The smallest absolute Gasteiger partial charge is 0.407 e. The number of amides is 4. The van der Waals surface area contributed by atoms with Crippen LogP contribution in [0, 0.1) is 0 Å². The molecule has 8 nitrogen and oxygen atoms in total. The zero-order chi connectivity index (χ0) is 20.2. The van der Waals surface area contributed by atoms with E-state index in [1.165, 1.54) is 11.9 Å². The zero-order valence-corrected chi connectivity index (χ0v) is 16.5. The van der Waals surface area contributed by atoms with Crippen LogP contribution >= 0.6 is 0 Å². The van der Waals surface area contributed by atoms with Crippen molar-refractivity contribution in [3.8, 4) is 0 Å². The van der Waals surface area contributed by atoms with Gasteiger partial charge < -0.3 is 19.9 Å². The predicted octanol–water partition coefficient (Wildman–Crippen LogP) is 2.68. The molecule has 1 fully saturated rings. The van der Waals surface area contributed by atoms with Crippen LogP contribution in [0.25, 0.3) is 10.9 Å². The van der Waals surface area contributed by atoms with Crippen LogP contribution in [0.1, 0.15) is 43.5 Å². The number of ether oxygens (including phenoxy) is 1. The molecule has 0 saturated carbocycles. The number of aromatic nitrogens is 1. The van der Waals surface area contributed by atoms with Crippen LogP contribution in [-0.4, -0.2) is 52.0 Å². The molecular weight excluding hydrogens is 360 g/mol. The van der Waals surface area contributed by atoms with Crippen LogP contribution in [0.15, 0.2) is 18.2 Å². The fraction of sp³-hybridized carbons (Fsp3) is 0.450. The van der Waals surface area contributed by atoms with Crippen molar-refractivity contribution in [3.05, 3.63) is 35.0 Å². The summed E-state index contributed by atoms with van der Waals surface area (Å²) in [5, 5.41) is 3.72. The molecule has 1 saturated heterocycles. The lowest BCUT2D eigenvalue weighted by Crippen LogP contribution is -2.55. The van der Waals surface area contributed by atoms with Crippen LogP contribution in [0.2, 0.25) is 0 Å². The summed E-state index contributed by atoms with van der Waals surface area (Å²) in [7, 11) is 1.53. The maximum Gasteiger partial charge on any atom is 0.407 e. The molecule has 2 N–H and O–H groups in total. The van der Waals surface area contributed by atoms with Crippen molar-refractivity contribution in [3.63, 3.8) is 0 Å². The topological polar surface area (TPSA) is 94.7 Å². The van der Waals surface area contributed by atoms with E-state index in [0.29, 0.717) is 19.6 Å². The van der Waals surface area contributed by atoms with Crippen molar-refractivity contribution in [2.75, 3.05) is 13.6 Å². The third-order valence-electron chi connectivity index (χ3n) is 5.11. The second kappa shape index (κ2) is 6.25. The minimum atomic E-state index is -0.551. The number of nitrogens with one attached hydrogen (secondary N) is 2. The van der Waals surface area contributed by atoms with Crippen molar-refractivity contribution >= 4 is 28.9 Å². The van der Waals surface area contributed by atoms with E-state index in [2.05, 4.69) is 10.3 Å². The Balaban J connectivity index is 1.62. The quantitative estimate of drug-likeness (QED) is 0.832. The summed E-state index contributed by atoms with van der Waals surface area (Å²) >= 11 is 0. The molecular formula is C20H24N4O4. The van der Waals surface area contributed by atoms with Crippen LogP contribution in [0.4, 0.5) is 9.59 Å². The van der Waals surface area contributed by atoms with Crippen molar-refractivity contribution in [2.24, 2.45) is 0 Å². The molecule has 3 heterocycles. The molecule has 2 aliphatic heterocycles. The fourth-order valence-electron chi connectivity index (χ4n) is 3.89. The first-order valence-electron chi connectivity index (χ1n) is 9.31. The molecule has 2 bridgehead atoms. The van der Waals surface area contributed by atoms with Gasteiger partial charge in [0.05, 0.1) is 12.5 Å². The lowest BCUT2D eigenvalue weighted by Gasteiger charge is -2.40. The van der Waals surface area contributed by atoms with E-state index < -0.39 is 11.7 Å². The zero-order valence-electron chi connectivity index (χ0n) is 16.5. The molecule has 1 unspecified atom stereocenters. The summed E-state index contributed by atoms with van der Waals surface area (Å²) < 4.78 is 5.27. The van der Waals surface area contributed by atoms with E-state index in [1.54, 1.807) is 4.90 Å². The SMILES string of the molecule is CN1C(=O)C2CN(Cc3[nH]c4ccc(CNC(=O)OC(C)(C)C)cc4c32)C1=O. The van der Waals surface area contributed by atoms with E-state index in [4.69, 9.17) is 4.74 Å². The number of likely N-dealkylation sites (N-methyl/N-ethyl adjacent to an activating group) is 1. The first-order valence-corrected chi connectivity index (χ1v) is 9.31. The normalized spacial score (nSPS) is 19.1. The van der Waals surface area contributed by atoms with Crippen LogP contribution in [-0.2, 0) is 22.6 Å². The van der Waals surface area contributed by atoms with Crippen molar-refractivity contribution in [1.82, 2.24) is 20.1 Å². The molecule has 4 rings (SSSR count). The molecule has 1 atom stereocenters. The molecule has 2 aromatic rings. The van der Waals surface area contributed by atoms with Crippen molar-refractivity contribution < 1.29 is 19.1 Å². The van der Waals surface area contributed by atoms with E-state index in [1.807, 2.05) is 39.0 Å². The average Bonchev–Trinajstić information content (AvgIpc) is 2.99. The van der Waals surface area contributed by atoms with Gasteiger partial charge in [-0.05, 0) is 44.0 Å². The number of alkyl carbamates (subject to hydrolysis) is 1. The molecule has 0 aliphatic carbocycles. The number of benzene rings is 1. The lowest BCUT2D eigenvalue weighted by molar-refractivity contribution is -0.132. The van der Waals surface area contributed by atoms with E-state index in [0.717, 1.165) is 27.7 Å². The largest absolute Gasteiger partial charge is 0.444 e. The number of hydrogen-bond acceptors (Lipinski definition) is 4. The van der Waals surface area contributed by atoms with Gasteiger partial charge in [-0.2, -0.15) is 0 Å². The molecule has 148 valence electrons. The summed E-state index contributed by atoms with van der Waals surface area (Å²) in [5.41, 5.74) is 3.13. The lowest BCUT2D eigenvalue weighted by atomic mass is 9.89. The molecule has 1 aromatic heterocycles. The molecule has 28 heavy (non-hydrogen) atoms. The summed E-state index contributed by atoms with van der Waals surface area (Å²) in [6, 6.07) is 5.59. The summed E-state index contributed by atoms with van der Waals surface area (Å²) in [6.07, 6.45) is -0.470. The number of hydrogen-bond donors (Lipinski definition) is 2. The Morgan fingerprint density at radius 2 is 2.07 bits per heavy atom. The minimum Gasteiger partial charge on any atom is -0.444 e. The summed E-state index contributed by atoms with van der Waals surface area (Å²) in [4.78, 5) is 43.1. The Morgan fingerprint density at radius 1 is 1.32 bits per heavy atom. The van der Waals surface area contributed by atoms with E-state index in [-0.39, 0.29) is 17.9 Å². The van der Waals surface area contributed by atoms with Gasteiger partial charge in [-0.15, -0.1) is 0 Å². The molecule has 4 amide bonds. The van der Waals surface area contributed by atoms with Crippen LogP contribution in [0.5, 0.6) is 0 Å². The van der Waals surface area contributed by atoms with Gasteiger partial charge >= 0.3 is 12.1 Å². The third-order valence-corrected chi connectivity index (χ3v) is 5.11.